The number of aromatic nitrogens is 1. The van der Waals surface area contributed by atoms with Crippen molar-refractivity contribution in [1.82, 2.24) is 3.56 Å². The van der Waals surface area contributed by atoms with Gasteiger partial charge in [0.1, 0.15) is 0 Å². The van der Waals surface area contributed by atoms with Gasteiger partial charge in [0, 0.05) is 0 Å². The third-order valence-corrected chi connectivity index (χ3v) is 10.1. The number of hydrogen-bond donors (Lipinski definition) is 5. The molecule has 0 fully saturated rings. The van der Waals surface area contributed by atoms with Crippen LogP contribution in [0.2, 0.25) is 0 Å². The van der Waals surface area contributed by atoms with Crippen molar-refractivity contribution < 1.29 is 33.8 Å². The average Bonchev–Trinajstić information content (AvgIpc) is 2.91. The summed E-state index contributed by atoms with van der Waals surface area (Å²) in [4.78, 5) is 49.3. The molecule has 0 aliphatic heterocycles. The predicted octanol–water partition coefficient (Wildman–Crippen LogP) is 0.592. The zero-order valence-corrected chi connectivity index (χ0v) is 17.0. The number of fused-ring (bicyclic) bond motifs is 1. The summed E-state index contributed by atoms with van der Waals surface area (Å²) in [5, 5.41) is 7.09. The van der Waals surface area contributed by atoms with E-state index in [1.807, 2.05) is 12.1 Å². The van der Waals surface area contributed by atoms with Crippen LogP contribution in [0, 0.1) is 0 Å². The molecule has 0 unspecified atom stereocenters. The Morgan fingerprint density at radius 2 is 1.48 bits per heavy atom. The van der Waals surface area contributed by atoms with Crippen molar-refractivity contribution in [3.05, 3.63) is 64.4 Å². The van der Waals surface area contributed by atoms with Crippen molar-refractivity contribution in [3.8, 4) is 5.69 Å². The van der Waals surface area contributed by atoms with E-state index in [1.165, 1.54) is 24.3 Å². The monoisotopic (exact) mass is 479 g/mol. The van der Waals surface area contributed by atoms with Crippen molar-refractivity contribution in [2.45, 2.75) is 11.5 Å². The maximum absolute atomic E-state index is 12.5. The summed E-state index contributed by atoms with van der Waals surface area (Å²) in [7, 11) is -11.1. The van der Waals surface area contributed by atoms with E-state index in [4.69, 9.17) is 0 Å². The summed E-state index contributed by atoms with van der Waals surface area (Å²) in [6.45, 7) is 0. The molecule has 3 rings (SSSR count). The molecule has 0 atom stereocenters. The first-order chi connectivity index (χ1) is 12.4. The molecule has 144 valence electrons. The minimum atomic E-state index is -5.53. The number of benzene rings is 2. The molecular formula is C15H15NO8P2Se. The summed E-state index contributed by atoms with van der Waals surface area (Å²) in [5.74, 6) is 0. The van der Waals surface area contributed by atoms with Crippen molar-refractivity contribution in [2.75, 3.05) is 0 Å². The fourth-order valence-corrected chi connectivity index (χ4v) is 6.77. The van der Waals surface area contributed by atoms with Crippen molar-refractivity contribution in [2.24, 2.45) is 0 Å². The first kappa shape index (κ1) is 20.4. The van der Waals surface area contributed by atoms with Crippen LogP contribution in [0.5, 0.6) is 0 Å². The normalized spacial score (nSPS) is 13.2. The molecule has 0 radical (unpaired) electrons. The SMILES string of the molecule is O=c1c2ccccc2[se]n1-c1ccc(CC(O)(P(=O)(O)O)P(=O)(O)O)cc1. The van der Waals surface area contributed by atoms with E-state index in [0.717, 1.165) is 4.26 Å². The van der Waals surface area contributed by atoms with Crippen LogP contribution in [0.4, 0.5) is 0 Å². The quantitative estimate of drug-likeness (QED) is 0.264. The van der Waals surface area contributed by atoms with Crippen molar-refractivity contribution in [3.63, 3.8) is 0 Å². The van der Waals surface area contributed by atoms with Gasteiger partial charge in [0.2, 0.25) is 0 Å². The van der Waals surface area contributed by atoms with Gasteiger partial charge in [-0.1, -0.05) is 0 Å². The third-order valence-electron chi connectivity index (χ3n) is 4.04. The van der Waals surface area contributed by atoms with E-state index in [1.54, 1.807) is 15.7 Å². The van der Waals surface area contributed by atoms with Gasteiger partial charge in [0.15, 0.2) is 0 Å². The van der Waals surface area contributed by atoms with Crippen LogP contribution < -0.4 is 5.56 Å². The van der Waals surface area contributed by atoms with Crippen LogP contribution in [-0.4, -0.2) is 48.1 Å². The summed E-state index contributed by atoms with van der Waals surface area (Å²) in [5.41, 5.74) is 0.473. The third kappa shape index (κ3) is 3.69. The molecule has 2 aromatic carbocycles. The molecular weight excluding hydrogens is 463 g/mol. The molecule has 1 aromatic heterocycles. The molecule has 12 heteroatoms. The van der Waals surface area contributed by atoms with Crippen LogP contribution in [-0.2, 0) is 15.6 Å². The second-order valence-electron chi connectivity index (χ2n) is 5.89. The van der Waals surface area contributed by atoms with Gasteiger partial charge in [-0.2, -0.15) is 0 Å². The summed E-state index contributed by atoms with van der Waals surface area (Å²) in [6.07, 6.45) is -0.943. The predicted molar refractivity (Wildman–Crippen MR) is 99.2 cm³/mol. The second kappa shape index (κ2) is 6.94. The first-order valence-electron chi connectivity index (χ1n) is 7.48. The van der Waals surface area contributed by atoms with E-state index >= 15 is 0 Å². The molecule has 27 heavy (non-hydrogen) atoms. The van der Waals surface area contributed by atoms with Gasteiger partial charge in [0.25, 0.3) is 0 Å². The number of nitrogens with zero attached hydrogens (tertiary/aromatic N) is 1. The molecule has 5 N–H and O–H groups in total. The van der Waals surface area contributed by atoms with Crippen LogP contribution in [0.1, 0.15) is 5.56 Å². The second-order valence-corrected chi connectivity index (χ2v) is 12.0. The van der Waals surface area contributed by atoms with Gasteiger partial charge in [-0.15, -0.1) is 0 Å². The van der Waals surface area contributed by atoms with Gasteiger partial charge >= 0.3 is 159 Å². The van der Waals surface area contributed by atoms with E-state index in [9.17, 15) is 38.6 Å². The van der Waals surface area contributed by atoms with Gasteiger partial charge < -0.3 is 0 Å². The summed E-state index contributed by atoms with van der Waals surface area (Å²) < 4.78 is 25.4. The summed E-state index contributed by atoms with van der Waals surface area (Å²) in [6, 6.07) is 12.9. The number of aliphatic hydroxyl groups is 1. The molecule has 1 heterocycles. The van der Waals surface area contributed by atoms with Crippen molar-refractivity contribution >= 4 is 39.6 Å². The van der Waals surface area contributed by atoms with Crippen molar-refractivity contribution in [1.29, 1.82) is 0 Å². The van der Waals surface area contributed by atoms with Crippen LogP contribution in [0.15, 0.2) is 53.3 Å². The fourth-order valence-electron chi connectivity index (χ4n) is 2.54. The first-order valence-corrected chi connectivity index (χ1v) is 12.3. The van der Waals surface area contributed by atoms with Gasteiger partial charge in [-0.3, -0.25) is 0 Å². The molecule has 0 amide bonds. The number of rotatable bonds is 5. The Kier molecular flexibility index (Phi) is 5.25. The zero-order valence-electron chi connectivity index (χ0n) is 13.5. The molecule has 3 aromatic rings. The molecule has 0 saturated heterocycles. The molecule has 0 bridgehead atoms. The maximum atomic E-state index is 12.5. The van der Waals surface area contributed by atoms with Gasteiger partial charge in [0.05, 0.1) is 0 Å². The Morgan fingerprint density at radius 3 is 2.00 bits per heavy atom. The van der Waals surface area contributed by atoms with E-state index < -0.39 is 26.7 Å². The van der Waals surface area contributed by atoms with E-state index in [-0.39, 0.29) is 25.9 Å². The Bertz CT molecular complexity index is 1120. The Balaban J connectivity index is 1.98. The molecule has 0 aliphatic rings. The van der Waals surface area contributed by atoms with E-state index in [0.29, 0.717) is 11.1 Å². The van der Waals surface area contributed by atoms with Crippen LogP contribution in [0.3, 0.4) is 0 Å². The molecule has 0 spiro atoms. The molecule has 0 aliphatic carbocycles. The zero-order chi connectivity index (χ0) is 20.0. The topological polar surface area (TPSA) is 157 Å². The van der Waals surface area contributed by atoms with Gasteiger partial charge in [-0.25, -0.2) is 0 Å². The fraction of sp³-hybridized carbons (Fsp3) is 0.133. The van der Waals surface area contributed by atoms with Gasteiger partial charge in [-0.05, 0) is 0 Å². The Morgan fingerprint density at radius 1 is 0.926 bits per heavy atom. The Hall–Kier alpha value is -1.31. The molecule has 0 saturated carbocycles. The minimum absolute atomic E-state index is 0.101. The van der Waals surface area contributed by atoms with E-state index in [2.05, 4.69) is 0 Å². The Labute approximate surface area is 158 Å². The average molecular weight is 478 g/mol. The number of hydrogen-bond acceptors (Lipinski definition) is 4. The molecule has 9 nitrogen and oxygen atoms in total. The van der Waals surface area contributed by atoms with Crippen LogP contribution in [0.25, 0.3) is 15.3 Å². The summed E-state index contributed by atoms with van der Waals surface area (Å²) >= 11 is -0.270. The van der Waals surface area contributed by atoms with Crippen LogP contribution >= 0.6 is 15.2 Å². The standard InChI is InChI=1S/C15H15NO8P2Se/c17-14-12-3-1-2-4-13(12)27-16(14)11-7-5-10(6-8-11)9-15(18,25(19,20)21)26(22,23)24/h1-8,18H,9H2,(H2,19,20,21)(H2,22,23,24).